The fourth-order valence-corrected chi connectivity index (χ4v) is 3.91. The molecule has 3 unspecified atom stereocenters. The van der Waals surface area contributed by atoms with Gasteiger partial charge in [-0.05, 0) is 55.2 Å². The van der Waals surface area contributed by atoms with Crippen LogP contribution < -0.4 is 9.47 Å². The first-order chi connectivity index (χ1) is 9.30. The van der Waals surface area contributed by atoms with Crippen LogP contribution in [0, 0.1) is 17.8 Å². The van der Waals surface area contributed by atoms with E-state index in [1.807, 2.05) is 18.2 Å². The minimum absolute atomic E-state index is 0.462. The number of benzene rings is 1. The first-order valence-electron chi connectivity index (χ1n) is 7.16. The van der Waals surface area contributed by atoms with Gasteiger partial charge in [0.15, 0.2) is 0 Å². The van der Waals surface area contributed by atoms with Crippen LogP contribution in [0.3, 0.4) is 0 Å². The lowest BCUT2D eigenvalue weighted by Gasteiger charge is -2.22. The van der Waals surface area contributed by atoms with Crippen LogP contribution in [-0.2, 0) is 5.88 Å². The fraction of sp³-hybridized carbons (Fsp3) is 0.625. The van der Waals surface area contributed by atoms with Crippen molar-refractivity contribution in [3.05, 3.63) is 23.8 Å². The first-order valence-corrected chi connectivity index (χ1v) is 7.69. The fourth-order valence-electron chi connectivity index (χ4n) is 3.71. The monoisotopic (exact) mass is 280 g/mol. The molecule has 1 aromatic carbocycles. The highest BCUT2D eigenvalue weighted by Gasteiger charge is 2.39. The Hall–Kier alpha value is -0.890. The van der Waals surface area contributed by atoms with Crippen LogP contribution in [0.5, 0.6) is 11.5 Å². The molecule has 2 aliphatic carbocycles. The van der Waals surface area contributed by atoms with Crippen molar-refractivity contribution in [2.24, 2.45) is 17.8 Å². The molecule has 2 fully saturated rings. The average molecular weight is 281 g/mol. The van der Waals surface area contributed by atoms with Gasteiger partial charge in [-0.3, -0.25) is 0 Å². The Morgan fingerprint density at radius 2 is 2.16 bits per heavy atom. The molecule has 2 aliphatic rings. The standard InChI is InChI=1S/C16H21ClO2/c1-18-15-4-5-16(13(8-15)9-17)19-10-14-7-11-2-3-12(14)6-11/h4-5,8,11-12,14H,2-3,6-7,9-10H2,1H3. The second kappa shape index (κ2) is 5.62. The van der Waals surface area contributed by atoms with Crippen molar-refractivity contribution < 1.29 is 9.47 Å². The Bertz CT molecular complexity index is 446. The molecule has 0 spiro atoms. The third-order valence-corrected chi connectivity index (χ3v) is 5.04. The number of fused-ring (bicyclic) bond motifs is 2. The van der Waals surface area contributed by atoms with Gasteiger partial charge >= 0.3 is 0 Å². The van der Waals surface area contributed by atoms with E-state index in [2.05, 4.69) is 0 Å². The summed E-state index contributed by atoms with van der Waals surface area (Å²) < 4.78 is 11.2. The molecule has 0 aliphatic heterocycles. The Balaban J connectivity index is 1.63. The van der Waals surface area contributed by atoms with E-state index >= 15 is 0 Å². The smallest absolute Gasteiger partial charge is 0.123 e. The molecular formula is C16H21ClO2. The third-order valence-electron chi connectivity index (χ3n) is 4.75. The van der Waals surface area contributed by atoms with Gasteiger partial charge in [-0.15, -0.1) is 11.6 Å². The van der Waals surface area contributed by atoms with Gasteiger partial charge in [-0.25, -0.2) is 0 Å². The number of rotatable bonds is 5. The van der Waals surface area contributed by atoms with Crippen LogP contribution in [0.4, 0.5) is 0 Å². The molecule has 2 bridgehead atoms. The molecule has 0 radical (unpaired) electrons. The van der Waals surface area contributed by atoms with Gasteiger partial charge in [-0.2, -0.15) is 0 Å². The molecular weight excluding hydrogens is 260 g/mol. The molecule has 2 saturated carbocycles. The quantitative estimate of drug-likeness (QED) is 0.751. The van der Waals surface area contributed by atoms with Crippen molar-refractivity contribution in [3.63, 3.8) is 0 Å². The van der Waals surface area contributed by atoms with E-state index in [-0.39, 0.29) is 0 Å². The SMILES string of the molecule is COc1ccc(OCC2CC3CCC2C3)c(CCl)c1. The molecule has 0 aromatic heterocycles. The molecule has 0 saturated heterocycles. The molecule has 3 atom stereocenters. The molecule has 19 heavy (non-hydrogen) atoms. The van der Waals surface area contributed by atoms with Crippen molar-refractivity contribution >= 4 is 11.6 Å². The summed E-state index contributed by atoms with van der Waals surface area (Å²) in [7, 11) is 1.67. The summed E-state index contributed by atoms with van der Waals surface area (Å²) in [6.45, 7) is 0.845. The maximum absolute atomic E-state index is 6.02. The lowest BCUT2D eigenvalue weighted by atomic mass is 9.89. The molecule has 3 rings (SSSR count). The van der Waals surface area contributed by atoms with E-state index in [1.165, 1.54) is 25.7 Å². The maximum atomic E-state index is 6.02. The summed E-state index contributed by atoms with van der Waals surface area (Å²) in [5, 5.41) is 0. The van der Waals surface area contributed by atoms with Crippen molar-refractivity contribution in [2.75, 3.05) is 13.7 Å². The van der Waals surface area contributed by atoms with Gasteiger partial charge in [0.2, 0.25) is 0 Å². The highest BCUT2D eigenvalue weighted by atomic mass is 35.5. The minimum atomic E-state index is 0.462. The van der Waals surface area contributed by atoms with Gasteiger partial charge in [-0.1, -0.05) is 6.42 Å². The van der Waals surface area contributed by atoms with E-state index in [4.69, 9.17) is 21.1 Å². The van der Waals surface area contributed by atoms with Crippen LogP contribution >= 0.6 is 11.6 Å². The second-order valence-electron chi connectivity index (χ2n) is 5.85. The Labute approximate surface area is 120 Å². The Morgan fingerprint density at radius 1 is 1.26 bits per heavy atom. The second-order valence-corrected chi connectivity index (χ2v) is 6.12. The normalized spacial score (nSPS) is 28.6. The summed E-state index contributed by atoms with van der Waals surface area (Å²) in [6, 6.07) is 5.87. The molecule has 1 aromatic rings. The number of ether oxygens (including phenoxy) is 2. The largest absolute Gasteiger partial charge is 0.497 e. The highest BCUT2D eigenvalue weighted by Crippen LogP contribution is 2.48. The van der Waals surface area contributed by atoms with Gasteiger partial charge in [0.1, 0.15) is 11.5 Å². The van der Waals surface area contributed by atoms with Gasteiger partial charge in [0.25, 0.3) is 0 Å². The molecule has 0 heterocycles. The summed E-state index contributed by atoms with van der Waals surface area (Å²) in [4.78, 5) is 0. The lowest BCUT2D eigenvalue weighted by molar-refractivity contribution is 0.194. The molecule has 104 valence electrons. The van der Waals surface area contributed by atoms with Crippen molar-refractivity contribution in [3.8, 4) is 11.5 Å². The molecule has 0 amide bonds. The van der Waals surface area contributed by atoms with Crippen LogP contribution in [0.25, 0.3) is 0 Å². The third kappa shape index (κ3) is 2.69. The van der Waals surface area contributed by atoms with E-state index in [0.29, 0.717) is 5.88 Å². The van der Waals surface area contributed by atoms with Crippen LogP contribution in [0.2, 0.25) is 0 Å². The topological polar surface area (TPSA) is 18.5 Å². The van der Waals surface area contributed by atoms with Crippen LogP contribution in [0.1, 0.15) is 31.2 Å². The zero-order chi connectivity index (χ0) is 13.2. The maximum Gasteiger partial charge on any atom is 0.123 e. The first kappa shape index (κ1) is 13.1. The molecule has 2 nitrogen and oxygen atoms in total. The molecule has 3 heteroatoms. The molecule has 0 N–H and O–H groups in total. The zero-order valence-electron chi connectivity index (χ0n) is 11.4. The van der Waals surface area contributed by atoms with E-state index < -0.39 is 0 Å². The van der Waals surface area contributed by atoms with E-state index in [0.717, 1.165) is 41.4 Å². The number of hydrogen-bond acceptors (Lipinski definition) is 2. The summed E-state index contributed by atoms with van der Waals surface area (Å²) >= 11 is 5.98. The number of methoxy groups -OCH3 is 1. The van der Waals surface area contributed by atoms with E-state index in [9.17, 15) is 0 Å². The van der Waals surface area contributed by atoms with Gasteiger partial charge in [0, 0.05) is 5.56 Å². The van der Waals surface area contributed by atoms with Crippen molar-refractivity contribution in [2.45, 2.75) is 31.6 Å². The minimum Gasteiger partial charge on any atom is -0.497 e. The average Bonchev–Trinajstić information content (AvgIpc) is 3.07. The Morgan fingerprint density at radius 3 is 2.79 bits per heavy atom. The number of hydrogen-bond donors (Lipinski definition) is 0. The predicted octanol–water partition coefficient (Wildman–Crippen LogP) is 4.25. The summed E-state index contributed by atoms with van der Waals surface area (Å²) in [5.74, 6) is 4.85. The van der Waals surface area contributed by atoms with Crippen LogP contribution in [-0.4, -0.2) is 13.7 Å². The van der Waals surface area contributed by atoms with E-state index in [1.54, 1.807) is 7.11 Å². The number of alkyl halides is 1. The lowest BCUT2D eigenvalue weighted by Crippen LogP contribution is -2.18. The Kier molecular flexibility index (Phi) is 3.88. The summed E-state index contributed by atoms with van der Waals surface area (Å²) in [6.07, 6.45) is 5.64. The highest BCUT2D eigenvalue weighted by molar-refractivity contribution is 6.17. The zero-order valence-corrected chi connectivity index (χ0v) is 12.2. The van der Waals surface area contributed by atoms with Crippen molar-refractivity contribution in [1.82, 2.24) is 0 Å². The summed E-state index contributed by atoms with van der Waals surface area (Å²) in [5.41, 5.74) is 1.02. The van der Waals surface area contributed by atoms with Crippen LogP contribution in [0.15, 0.2) is 18.2 Å². The van der Waals surface area contributed by atoms with Crippen molar-refractivity contribution in [1.29, 1.82) is 0 Å². The van der Waals surface area contributed by atoms with Gasteiger partial charge < -0.3 is 9.47 Å². The predicted molar refractivity (Wildman–Crippen MR) is 77.0 cm³/mol. The van der Waals surface area contributed by atoms with Gasteiger partial charge in [0.05, 0.1) is 19.6 Å². The number of halogens is 1.